The van der Waals surface area contributed by atoms with Gasteiger partial charge in [0.25, 0.3) is 0 Å². The first-order valence-electron chi connectivity index (χ1n) is 5.62. The van der Waals surface area contributed by atoms with Crippen LogP contribution in [0.3, 0.4) is 0 Å². The van der Waals surface area contributed by atoms with Crippen molar-refractivity contribution in [1.29, 1.82) is 0 Å². The number of benzene rings is 1. The van der Waals surface area contributed by atoms with E-state index in [-0.39, 0.29) is 5.82 Å². The Morgan fingerprint density at radius 3 is 2.67 bits per heavy atom. The summed E-state index contributed by atoms with van der Waals surface area (Å²) in [5.74, 6) is -0.313. The van der Waals surface area contributed by atoms with Gasteiger partial charge in [0.05, 0.1) is 11.7 Å². The molecule has 1 unspecified atom stereocenters. The molecule has 1 aromatic heterocycles. The minimum Gasteiger partial charge on any atom is -0.319 e. The summed E-state index contributed by atoms with van der Waals surface area (Å²) in [5.41, 5.74) is 9.31. The van der Waals surface area contributed by atoms with E-state index in [1.807, 2.05) is 19.9 Å². The third kappa shape index (κ3) is 2.60. The molecule has 0 aliphatic heterocycles. The summed E-state index contributed by atoms with van der Waals surface area (Å²) in [6, 6.07) is 6.20. The largest absolute Gasteiger partial charge is 0.319 e. The highest BCUT2D eigenvalue weighted by Gasteiger charge is 2.17. The van der Waals surface area contributed by atoms with E-state index < -0.39 is 6.04 Å². The van der Waals surface area contributed by atoms with Crippen molar-refractivity contribution < 1.29 is 4.39 Å². The number of hydrogen-bond acceptors (Lipinski definition) is 2. The first-order chi connectivity index (χ1) is 8.49. The molecule has 2 N–H and O–H groups in total. The quantitative estimate of drug-likeness (QED) is 0.919. The molecule has 94 valence electrons. The Morgan fingerprint density at radius 2 is 2.00 bits per heavy atom. The summed E-state index contributed by atoms with van der Waals surface area (Å²) in [6.45, 7) is 3.90. The number of nitrogens with two attached hydrogens (primary N) is 1. The summed E-state index contributed by atoms with van der Waals surface area (Å²) in [7, 11) is 0. The lowest BCUT2D eigenvalue weighted by Gasteiger charge is -2.15. The number of hydrogen-bond donors (Lipinski definition) is 1. The van der Waals surface area contributed by atoms with Crippen molar-refractivity contribution >= 4 is 15.9 Å². The summed E-state index contributed by atoms with van der Waals surface area (Å²) < 4.78 is 14.6. The van der Waals surface area contributed by atoms with Crippen LogP contribution >= 0.6 is 15.9 Å². The molecule has 0 saturated carbocycles. The van der Waals surface area contributed by atoms with E-state index in [4.69, 9.17) is 5.73 Å². The molecule has 0 radical (unpaired) electrons. The summed E-state index contributed by atoms with van der Waals surface area (Å²) >= 11 is 3.32. The smallest absolute Gasteiger partial charge is 0.128 e. The fourth-order valence-electron chi connectivity index (χ4n) is 1.95. The number of nitrogens with zero attached hydrogens (tertiary/aromatic N) is 1. The Kier molecular flexibility index (Phi) is 3.78. The van der Waals surface area contributed by atoms with Gasteiger partial charge in [-0.15, -0.1) is 0 Å². The van der Waals surface area contributed by atoms with Crippen LogP contribution in [0.2, 0.25) is 0 Å². The normalized spacial score (nSPS) is 12.5. The van der Waals surface area contributed by atoms with Crippen molar-refractivity contribution in [3.8, 4) is 0 Å². The molecule has 0 fully saturated rings. The predicted octanol–water partition coefficient (Wildman–Crippen LogP) is 3.65. The second kappa shape index (κ2) is 5.16. The van der Waals surface area contributed by atoms with Crippen LogP contribution in [0.5, 0.6) is 0 Å². The average molecular weight is 309 g/mol. The monoisotopic (exact) mass is 308 g/mol. The van der Waals surface area contributed by atoms with Gasteiger partial charge in [0.1, 0.15) is 5.82 Å². The Hall–Kier alpha value is -1.26. The van der Waals surface area contributed by atoms with E-state index in [9.17, 15) is 4.39 Å². The molecule has 0 amide bonds. The highest BCUT2D eigenvalue weighted by atomic mass is 79.9. The molecule has 1 heterocycles. The number of pyridine rings is 1. The van der Waals surface area contributed by atoms with Crippen LogP contribution < -0.4 is 5.73 Å². The van der Waals surface area contributed by atoms with Gasteiger partial charge >= 0.3 is 0 Å². The highest BCUT2D eigenvalue weighted by Crippen LogP contribution is 2.26. The molecule has 0 aliphatic carbocycles. The zero-order chi connectivity index (χ0) is 13.3. The predicted molar refractivity (Wildman–Crippen MR) is 73.8 cm³/mol. The lowest BCUT2D eigenvalue weighted by atomic mass is 9.99. The minimum atomic E-state index is -0.553. The second-order valence-electron chi connectivity index (χ2n) is 4.36. The van der Waals surface area contributed by atoms with Crippen LogP contribution in [0.1, 0.15) is 28.4 Å². The molecule has 1 aromatic carbocycles. The Morgan fingerprint density at radius 1 is 1.28 bits per heavy atom. The highest BCUT2D eigenvalue weighted by molar-refractivity contribution is 9.10. The van der Waals surface area contributed by atoms with Crippen LogP contribution in [0.25, 0.3) is 0 Å². The molecule has 0 bridgehead atoms. The number of aromatic nitrogens is 1. The maximum atomic E-state index is 13.8. The number of rotatable bonds is 2. The first kappa shape index (κ1) is 13.2. The fourth-order valence-corrected chi connectivity index (χ4v) is 2.33. The van der Waals surface area contributed by atoms with Crippen molar-refractivity contribution in [2.24, 2.45) is 5.73 Å². The SMILES string of the molecule is Cc1cnc(C(N)c2cc(Br)ccc2F)c(C)c1. The van der Waals surface area contributed by atoms with Gasteiger partial charge in [-0.2, -0.15) is 0 Å². The van der Waals surface area contributed by atoms with E-state index in [1.165, 1.54) is 6.07 Å². The zero-order valence-electron chi connectivity index (χ0n) is 10.2. The maximum absolute atomic E-state index is 13.8. The summed E-state index contributed by atoms with van der Waals surface area (Å²) in [4.78, 5) is 4.32. The average Bonchev–Trinajstić information content (AvgIpc) is 2.31. The van der Waals surface area contributed by atoms with Gasteiger partial charge in [0.15, 0.2) is 0 Å². The maximum Gasteiger partial charge on any atom is 0.128 e. The molecule has 1 atom stereocenters. The van der Waals surface area contributed by atoms with Crippen molar-refractivity contribution in [1.82, 2.24) is 4.98 Å². The fraction of sp³-hybridized carbons (Fsp3) is 0.214. The van der Waals surface area contributed by atoms with Gasteiger partial charge in [0.2, 0.25) is 0 Å². The minimum absolute atomic E-state index is 0.313. The van der Waals surface area contributed by atoms with E-state index in [0.717, 1.165) is 15.6 Å². The van der Waals surface area contributed by atoms with Gasteiger partial charge in [-0.1, -0.05) is 22.0 Å². The molecule has 0 aliphatic rings. The van der Waals surface area contributed by atoms with Crippen LogP contribution in [-0.4, -0.2) is 4.98 Å². The van der Waals surface area contributed by atoms with Crippen molar-refractivity contribution in [2.45, 2.75) is 19.9 Å². The van der Waals surface area contributed by atoms with Crippen LogP contribution in [0, 0.1) is 19.7 Å². The molecule has 2 rings (SSSR count). The third-order valence-electron chi connectivity index (χ3n) is 2.84. The number of halogens is 2. The van der Waals surface area contributed by atoms with Crippen molar-refractivity contribution in [2.75, 3.05) is 0 Å². The Balaban J connectivity index is 2.47. The second-order valence-corrected chi connectivity index (χ2v) is 5.27. The lowest BCUT2D eigenvalue weighted by molar-refractivity contribution is 0.596. The van der Waals surface area contributed by atoms with Crippen molar-refractivity contribution in [3.63, 3.8) is 0 Å². The molecular formula is C14H14BrFN2. The standard InChI is InChI=1S/C14H14BrFN2/c1-8-5-9(2)14(18-7-8)13(17)11-6-10(15)3-4-12(11)16/h3-7,13H,17H2,1-2H3. The molecule has 2 aromatic rings. The van der Waals surface area contributed by atoms with E-state index in [0.29, 0.717) is 11.3 Å². The topological polar surface area (TPSA) is 38.9 Å². The Labute approximate surface area is 114 Å². The van der Waals surface area contributed by atoms with E-state index >= 15 is 0 Å². The summed E-state index contributed by atoms with van der Waals surface area (Å²) in [5, 5.41) is 0. The van der Waals surface area contributed by atoms with Gasteiger partial charge in [-0.05, 0) is 43.2 Å². The first-order valence-corrected chi connectivity index (χ1v) is 6.42. The molecule has 0 spiro atoms. The zero-order valence-corrected chi connectivity index (χ0v) is 11.8. The van der Waals surface area contributed by atoms with Crippen molar-refractivity contribution in [3.05, 3.63) is 63.1 Å². The Bertz CT molecular complexity index is 584. The number of aryl methyl sites for hydroxylation is 2. The summed E-state index contributed by atoms with van der Waals surface area (Å²) in [6.07, 6.45) is 1.75. The lowest BCUT2D eigenvalue weighted by Crippen LogP contribution is -2.16. The van der Waals surface area contributed by atoms with Gasteiger partial charge in [-0.25, -0.2) is 4.39 Å². The van der Waals surface area contributed by atoms with Gasteiger partial charge < -0.3 is 5.73 Å². The van der Waals surface area contributed by atoms with E-state index in [2.05, 4.69) is 20.9 Å². The van der Waals surface area contributed by atoms with Gasteiger partial charge in [-0.3, -0.25) is 4.98 Å². The van der Waals surface area contributed by atoms with Crippen LogP contribution in [-0.2, 0) is 0 Å². The molecular weight excluding hydrogens is 295 g/mol. The molecule has 0 saturated heterocycles. The van der Waals surface area contributed by atoms with Gasteiger partial charge in [0, 0.05) is 16.2 Å². The van der Waals surface area contributed by atoms with E-state index in [1.54, 1.807) is 18.3 Å². The third-order valence-corrected chi connectivity index (χ3v) is 3.34. The molecule has 2 nitrogen and oxygen atoms in total. The molecule has 18 heavy (non-hydrogen) atoms. The molecule has 4 heteroatoms. The van der Waals surface area contributed by atoms with Crippen LogP contribution in [0.4, 0.5) is 4.39 Å². The van der Waals surface area contributed by atoms with Crippen LogP contribution in [0.15, 0.2) is 34.9 Å².